The van der Waals surface area contributed by atoms with Gasteiger partial charge in [0.1, 0.15) is 12.2 Å². The van der Waals surface area contributed by atoms with E-state index in [0.717, 1.165) is 0 Å². The molecule has 0 aromatic heterocycles. The van der Waals surface area contributed by atoms with Crippen LogP contribution in [-0.2, 0) is 0 Å². The molecule has 0 saturated carbocycles. The molecule has 2 nitrogen and oxygen atoms in total. The van der Waals surface area contributed by atoms with E-state index in [0.29, 0.717) is 0 Å². The van der Waals surface area contributed by atoms with Crippen LogP contribution in [-0.4, -0.2) is 5.11 Å². The monoisotopic (exact) mass is 118 g/mol. The standard InChI is InChI=1S/C7H3NO/c8-5-6-3-1-2-4-7(6)9/h2-4H/p+1. The molecule has 1 N–H and O–H groups in total. The molecule has 42 valence electrons. The SMILES string of the molecule is N#CC1=C(O)[CH+]C=C=C1. The summed E-state index contributed by atoms with van der Waals surface area (Å²) in [6.45, 7) is 0. The maximum atomic E-state index is 8.87. The van der Waals surface area contributed by atoms with Crippen LogP contribution in [0.3, 0.4) is 0 Å². The zero-order valence-electron chi connectivity index (χ0n) is 4.63. The van der Waals surface area contributed by atoms with Gasteiger partial charge in [0.05, 0.1) is 6.42 Å². The van der Waals surface area contributed by atoms with Gasteiger partial charge in [-0.25, -0.2) is 0 Å². The topological polar surface area (TPSA) is 44.0 Å². The fourth-order valence-corrected chi connectivity index (χ4v) is 0.512. The summed E-state index contributed by atoms with van der Waals surface area (Å²) in [5.41, 5.74) is 2.93. The van der Waals surface area contributed by atoms with E-state index in [2.05, 4.69) is 5.73 Å². The number of aliphatic hydroxyl groups is 1. The predicted octanol–water partition coefficient (Wildman–Crippen LogP) is 1.25. The van der Waals surface area contributed by atoms with Gasteiger partial charge < -0.3 is 5.11 Å². The van der Waals surface area contributed by atoms with Gasteiger partial charge in [0.15, 0.2) is 6.07 Å². The summed E-state index contributed by atoms with van der Waals surface area (Å²) < 4.78 is 0. The second-order valence-electron chi connectivity index (χ2n) is 1.56. The average Bonchev–Trinajstić information content (AvgIpc) is 1.89. The number of aliphatic hydroxyl groups excluding tert-OH is 1. The molecule has 1 rings (SSSR count). The van der Waals surface area contributed by atoms with Crippen molar-refractivity contribution in [1.29, 1.82) is 5.26 Å². The van der Waals surface area contributed by atoms with Gasteiger partial charge in [-0.2, -0.15) is 5.26 Å². The molecule has 2 heteroatoms. The molecule has 0 aromatic carbocycles. The Hall–Kier alpha value is -1.58. The third-order valence-corrected chi connectivity index (χ3v) is 0.962. The Labute approximate surface area is 53.0 Å². The summed E-state index contributed by atoms with van der Waals surface area (Å²) in [5.74, 6) is 0.0104. The van der Waals surface area contributed by atoms with E-state index in [1.54, 1.807) is 6.08 Å². The van der Waals surface area contributed by atoms with Gasteiger partial charge in [-0.15, -0.1) is 0 Å². The second kappa shape index (κ2) is 2.13. The molecule has 0 saturated heterocycles. The van der Waals surface area contributed by atoms with Crippen molar-refractivity contribution in [1.82, 2.24) is 0 Å². The fraction of sp³-hybridized carbons (Fsp3) is 0. The molecule has 0 fully saturated rings. The summed E-state index contributed by atoms with van der Waals surface area (Å²) in [6.07, 6.45) is 4.42. The highest BCUT2D eigenvalue weighted by molar-refractivity contribution is 5.42. The minimum atomic E-state index is 0.0104. The van der Waals surface area contributed by atoms with E-state index >= 15 is 0 Å². The van der Waals surface area contributed by atoms with Crippen molar-refractivity contribution < 1.29 is 5.11 Å². The van der Waals surface area contributed by atoms with E-state index in [-0.39, 0.29) is 11.3 Å². The molecule has 1 aliphatic rings. The lowest BCUT2D eigenvalue weighted by Gasteiger charge is -1.86. The van der Waals surface area contributed by atoms with Crippen LogP contribution < -0.4 is 0 Å². The van der Waals surface area contributed by atoms with E-state index in [1.165, 1.54) is 12.5 Å². The Bertz CT molecular complexity index is 249. The first kappa shape index (κ1) is 5.55. The molecule has 0 aromatic rings. The maximum Gasteiger partial charge on any atom is 0.249 e. The summed E-state index contributed by atoms with van der Waals surface area (Å²) in [6, 6.07) is 1.81. The second-order valence-corrected chi connectivity index (χ2v) is 1.56. The highest BCUT2D eigenvalue weighted by Gasteiger charge is 2.11. The summed E-state index contributed by atoms with van der Waals surface area (Å²) >= 11 is 0. The molecule has 0 unspecified atom stereocenters. The molecule has 1 aliphatic carbocycles. The van der Waals surface area contributed by atoms with Crippen LogP contribution in [0.2, 0.25) is 0 Å². The number of hydrogen-bond acceptors (Lipinski definition) is 2. The van der Waals surface area contributed by atoms with Crippen LogP contribution in [0, 0.1) is 17.8 Å². The third-order valence-electron chi connectivity index (χ3n) is 0.962. The molecule has 0 spiro atoms. The zero-order valence-corrected chi connectivity index (χ0v) is 4.63. The average molecular weight is 118 g/mol. The quantitative estimate of drug-likeness (QED) is 0.384. The Morgan fingerprint density at radius 1 is 1.78 bits per heavy atom. The molecule has 9 heavy (non-hydrogen) atoms. The van der Waals surface area contributed by atoms with Gasteiger partial charge in [0.25, 0.3) is 0 Å². The van der Waals surface area contributed by atoms with Crippen LogP contribution in [0.1, 0.15) is 0 Å². The van der Waals surface area contributed by atoms with Gasteiger partial charge in [-0.3, -0.25) is 0 Å². The van der Waals surface area contributed by atoms with E-state index in [9.17, 15) is 0 Å². The minimum absolute atomic E-state index is 0.0104. The number of rotatable bonds is 0. The van der Waals surface area contributed by atoms with Gasteiger partial charge in [0.2, 0.25) is 11.3 Å². The van der Waals surface area contributed by atoms with Crippen LogP contribution >= 0.6 is 0 Å². The molecule has 0 radical (unpaired) electrons. The van der Waals surface area contributed by atoms with Crippen molar-refractivity contribution in [2.24, 2.45) is 0 Å². The van der Waals surface area contributed by atoms with Crippen molar-refractivity contribution >= 4 is 0 Å². The van der Waals surface area contributed by atoms with E-state index in [1.807, 2.05) is 6.07 Å². The molecule has 0 heterocycles. The lowest BCUT2D eigenvalue weighted by molar-refractivity contribution is 0.421. The molecule has 0 bridgehead atoms. The highest BCUT2D eigenvalue weighted by atomic mass is 16.3. The van der Waals surface area contributed by atoms with Crippen molar-refractivity contribution in [3.8, 4) is 6.07 Å². The van der Waals surface area contributed by atoms with Crippen molar-refractivity contribution in [2.75, 3.05) is 0 Å². The van der Waals surface area contributed by atoms with Crippen LogP contribution in [0.5, 0.6) is 0 Å². The molecular weight excluding hydrogens is 114 g/mol. The van der Waals surface area contributed by atoms with Crippen LogP contribution in [0.25, 0.3) is 0 Å². The Morgan fingerprint density at radius 3 is 3.00 bits per heavy atom. The smallest absolute Gasteiger partial charge is 0.249 e. The van der Waals surface area contributed by atoms with Crippen molar-refractivity contribution in [3.05, 3.63) is 35.6 Å². The van der Waals surface area contributed by atoms with Gasteiger partial charge >= 0.3 is 0 Å². The lowest BCUT2D eigenvalue weighted by atomic mass is 10.1. The van der Waals surface area contributed by atoms with Crippen molar-refractivity contribution in [2.45, 2.75) is 0 Å². The summed E-state index contributed by atoms with van der Waals surface area (Å²) in [5, 5.41) is 17.2. The molecule has 0 amide bonds. The highest BCUT2D eigenvalue weighted by Crippen LogP contribution is 2.08. The van der Waals surface area contributed by atoms with E-state index < -0.39 is 0 Å². The molecule has 0 atom stereocenters. The number of nitriles is 1. The first-order valence-corrected chi connectivity index (χ1v) is 2.44. The number of hydrogen-bond donors (Lipinski definition) is 1. The zero-order chi connectivity index (χ0) is 6.69. The largest absolute Gasteiger partial charge is 0.486 e. The van der Waals surface area contributed by atoms with Crippen LogP contribution in [0.4, 0.5) is 0 Å². The Morgan fingerprint density at radius 2 is 2.56 bits per heavy atom. The normalized spacial score (nSPS) is 15.0. The molecular formula is C7H4NO+. The summed E-state index contributed by atoms with van der Waals surface area (Å²) in [4.78, 5) is 0. The maximum absolute atomic E-state index is 8.87. The number of nitrogens with zero attached hydrogens (tertiary/aromatic N) is 1. The third kappa shape index (κ3) is 0.962. The van der Waals surface area contributed by atoms with E-state index in [4.69, 9.17) is 10.4 Å². The van der Waals surface area contributed by atoms with Gasteiger partial charge in [0, 0.05) is 5.73 Å². The predicted molar refractivity (Wildman–Crippen MR) is 32.2 cm³/mol. The van der Waals surface area contributed by atoms with Crippen molar-refractivity contribution in [3.63, 3.8) is 0 Å². The Balaban J connectivity index is 3.03. The van der Waals surface area contributed by atoms with Gasteiger partial charge in [-0.1, -0.05) is 0 Å². The molecule has 0 aliphatic heterocycles. The summed E-state index contributed by atoms with van der Waals surface area (Å²) in [7, 11) is 0. The Kier molecular flexibility index (Phi) is 1.31. The fourth-order valence-electron chi connectivity index (χ4n) is 0.512. The first-order chi connectivity index (χ1) is 4.34. The van der Waals surface area contributed by atoms with Crippen LogP contribution in [0.15, 0.2) is 29.2 Å². The number of allylic oxidation sites excluding steroid dienone is 2. The first-order valence-electron chi connectivity index (χ1n) is 2.44. The van der Waals surface area contributed by atoms with Gasteiger partial charge in [-0.05, 0) is 0 Å². The lowest BCUT2D eigenvalue weighted by Crippen LogP contribution is -1.87. The minimum Gasteiger partial charge on any atom is -0.486 e.